The van der Waals surface area contributed by atoms with Gasteiger partial charge in [-0.2, -0.15) is 0 Å². The van der Waals surface area contributed by atoms with Crippen LogP contribution >= 0.6 is 0 Å². The average molecular weight is 434 g/mol. The molecule has 1 aliphatic rings. The van der Waals surface area contributed by atoms with E-state index in [1.165, 1.54) is 0 Å². The number of nitrogens with zero attached hydrogens (tertiary/aromatic N) is 5. The van der Waals surface area contributed by atoms with E-state index in [9.17, 15) is 4.79 Å². The fourth-order valence-electron chi connectivity index (χ4n) is 4.49. The molecule has 32 heavy (non-hydrogen) atoms. The van der Waals surface area contributed by atoms with E-state index in [4.69, 9.17) is 9.47 Å². The Morgan fingerprint density at radius 1 is 1.12 bits per heavy atom. The first-order valence-electron chi connectivity index (χ1n) is 11.0. The van der Waals surface area contributed by atoms with Crippen molar-refractivity contribution in [1.29, 1.82) is 0 Å². The summed E-state index contributed by atoms with van der Waals surface area (Å²) < 4.78 is 15.3. The number of benzene rings is 1. The monoisotopic (exact) mass is 433 g/mol. The Hall–Kier alpha value is -3.39. The van der Waals surface area contributed by atoms with Gasteiger partial charge in [-0.1, -0.05) is 12.1 Å². The summed E-state index contributed by atoms with van der Waals surface area (Å²) in [4.78, 5) is 14.9. The molecule has 5 rings (SSSR count). The molecule has 1 fully saturated rings. The van der Waals surface area contributed by atoms with Crippen LogP contribution in [0, 0.1) is 0 Å². The van der Waals surface area contributed by atoms with Crippen molar-refractivity contribution in [3.63, 3.8) is 0 Å². The third kappa shape index (κ3) is 3.93. The molecule has 1 saturated heterocycles. The average Bonchev–Trinajstić information content (AvgIpc) is 3.46. The van der Waals surface area contributed by atoms with Gasteiger partial charge in [0.1, 0.15) is 11.6 Å². The Kier molecular flexibility index (Phi) is 5.77. The van der Waals surface area contributed by atoms with Crippen molar-refractivity contribution in [2.24, 2.45) is 0 Å². The van der Waals surface area contributed by atoms with Gasteiger partial charge < -0.3 is 18.9 Å². The summed E-state index contributed by atoms with van der Waals surface area (Å²) in [7, 11) is 1.70. The highest BCUT2D eigenvalue weighted by molar-refractivity contribution is 5.87. The lowest BCUT2D eigenvalue weighted by molar-refractivity contribution is -0.134. The zero-order valence-electron chi connectivity index (χ0n) is 18.2. The summed E-state index contributed by atoms with van der Waals surface area (Å²) in [6.45, 7) is 2.82. The van der Waals surface area contributed by atoms with Crippen molar-refractivity contribution in [2.45, 2.75) is 25.3 Å². The quantitative estimate of drug-likeness (QED) is 0.448. The van der Waals surface area contributed by atoms with E-state index in [0.29, 0.717) is 13.2 Å². The Morgan fingerprint density at radius 2 is 2.06 bits per heavy atom. The van der Waals surface area contributed by atoms with Crippen LogP contribution in [0.15, 0.2) is 54.9 Å². The van der Waals surface area contributed by atoms with Gasteiger partial charge in [-0.15, -0.1) is 10.2 Å². The largest absolute Gasteiger partial charge is 0.483 e. The second kappa shape index (κ2) is 9.00. The molecule has 8 nitrogen and oxygen atoms in total. The second-order valence-corrected chi connectivity index (χ2v) is 8.15. The summed E-state index contributed by atoms with van der Waals surface area (Å²) in [6.07, 6.45) is 5.94. The number of carbonyl (C=O) groups is 1. The third-order valence-electron chi connectivity index (χ3n) is 6.14. The van der Waals surface area contributed by atoms with E-state index in [0.717, 1.165) is 54.1 Å². The fourth-order valence-corrected chi connectivity index (χ4v) is 4.49. The maximum absolute atomic E-state index is 13.0. The Balaban J connectivity index is 1.26. The number of rotatable bonds is 7. The summed E-state index contributed by atoms with van der Waals surface area (Å²) in [5, 5.41) is 9.66. The summed E-state index contributed by atoms with van der Waals surface area (Å²) in [6, 6.07) is 13.8. The predicted octanol–water partition coefficient (Wildman–Crippen LogP) is 3.12. The van der Waals surface area contributed by atoms with Crippen LogP contribution in [-0.2, 0) is 16.1 Å². The van der Waals surface area contributed by atoms with E-state index in [-0.39, 0.29) is 18.4 Å². The van der Waals surface area contributed by atoms with E-state index < -0.39 is 0 Å². The molecule has 0 bridgehead atoms. The molecular weight excluding hydrogens is 406 g/mol. The molecule has 0 radical (unpaired) electrons. The maximum atomic E-state index is 13.0. The SMILES string of the molecule is COCCn1ccc2c(OCC(=O)N3CCCC(c4nnc5ccccn45)C3)cccc21. The molecule has 0 spiro atoms. The fraction of sp³-hybridized carbons (Fsp3) is 0.375. The molecule has 8 heteroatoms. The molecule has 1 unspecified atom stereocenters. The van der Waals surface area contributed by atoms with Gasteiger partial charge in [0.2, 0.25) is 0 Å². The minimum atomic E-state index is -0.000612. The van der Waals surface area contributed by atoms with Crippen molar-refractivity contribution in [3.05, 3.63) is 60.7 Å². The van der Waals surface area contributed by atoms with Crippen LogP contribution in [0.5, 0.6) is 5.75 Å². The second-order valence-electron chi connectivity index (χ2n) is 8.15. The lowest BCUT2D eigenvalue weighted by atomic mass is 9.97. The molecule has 1 amide bonds. The van der Waals surface area contributed by atoms with Gasteiger partial charge in [-0.3, -0.25) is 9.20 Å². The molecule has 1 aromatic carbocycles. The first kappa shape index (κ1) is 20.5. The maximum Gasteiger partial charge on any atom is 0.260 e. The minimum Gasteiger partial charge on any atom is -0.483 e. The third-order valence-corrected chi connectivity index (χ3v) is 6.14. The number of likely N-dealkylation sites (tertiary alicyclic amines) is 1. The molecule has 166 valence electrons. The van der Waals surface area contributed by atoms with Gasteiger partial charge in [-0.05, 0) is 43.2 Å². The topological polar surface area (TPSA) is 73.9 Å². The molecule has 0 aliphatic carbocycles. The lowest BCUT2D eigenvalue weighted by Crippen LogP contribution is -2.42. The first-order valence-corrected chi connectivity index (χ1v) is 11.0. The van der Waals surface area contributed by atoms with Crippen LogP contribution in [0.3, 0.4) is 0 Å². The van der Waals surface area contributed by atoms with Crippen LogP contribution in [-0.4, -0.2) is 63.4 Å². The van der Waals surface area contributed by atoms with E-state index >= 15 is 0 Å². The van der Waals surface area contributed by atoms with Crippen LogP contribution in [0.1, 0.15) is 24.6 Å². The lowest BCUT2D eigenvalue weighted by Gasteiger charge is -2.32. The number of carbonyl (C=O) groups excluding carboxylic acids is 1. The van der Waals surface area contributed by atoms with Gasteiger partial charge in [0.15, 0.2) is 12.3 Å². The molecular formula is C24H27N5O3. The Morgan fingerprint density at radius 3 is 2.97 bits per heavy atom. The standard InChI is InChI=1S/C24H27N5O3/c1-31-15-14-27-13-10-19-20(27)7-4-8-21(19)32-17-23(30)28-11-5-6-18(16-28)24-26-25-22-9-2-3-12-29(22)24/h2-4,7-10,12-13,18H,5-6,11,14-17H2,1H3. The smallest absolute Gasteiger partial charge is 0.260 e. The van der Waals surface area contributed by atoms with Crippen LogP contribution in [0.25, 0.3) is 16.6 Å². The number of aromatic nitrogens is 4. The highest BCUT2D eigenvalue weighted by atomic mass is 16.5. The number of pyridine rings is 1. The molecule has 4 heterocycles. The van der Waals surface area contributed by atoms with Crippen molar-refractivity contribution < 1.29 is 14.3 Å². The number of methoxy groups -OCH3 is 1. The number of piperidine rings is 1. The molecule has 4 aromatic rings. The van der Waals surface area contributed by atoms with Crippen LogP contribution < -0.4 is 4.74 Å². The van der Waals surface area contributed by atoms with Crippen molar-refractivity contribution >= 4 is 22.5 Å². The predicted molar refractivity (Wildman–Crippen MR) is 121 cm³/mol. The van der Waals surface area contributed by atoms with Gasteiger partial charge >= 0.3 is 0 Å². The molecule has 0 N–H and O–H groups in total. The van der Waals surface area contributed by atoms with E-state index in [2.05, 4.69) is 20.8 Å². The molecule has 1 atom stereocenters. The summed E-state index contributed by atoms with van der Waals surface area (Å²) >= 11 is 0. The number of fused-ring (bicyclic) bond motifs is 2. The molecule has 1 aliphatic heterocycles. The number of amides is 1. The van der Waals surface area contributed by atoms with Gasteiger partial charge in [0.05, 0.1) is 12.1 Å². The highest BCUT2D eigenvalue weighted by Gasteiger charge is 2.28. The summed E-state index contributed by atoms with van der Waals surface area (Å²) in [5.74, 6) is 1.81. The van der Waals surface area contributed by atoms with Gasteiger partial charge in [0.25, 0.3) is 5.91 Å². The summed E-state index contributed by atoms with van der Waals surface area (Å²) in [5.41, 5.74) is 1.91. The zero-order valence-corrected chi connectivity index (χ0v) is 18.2. The highest BCUT2D eigenvalue weighted by Crippen LogP contribution is 2.28. The van der Waals surface area contributed by atoms with Crippen LogP contribution in [0.2, 0.25) is 0 Å². The molecule has 0 saturated carbocycles. The number of hydrogen-bond donors (Lipinski definition) is 0. The van der Waals surface area contributed by atoms with Gasteiger partial charge in [0, 0.05) is 50.4 Å². The normalized spacial score (nSPS) is 16.7. The number of ether oxygens (including phenoxy) is 2. The van der Waals surface area contributed by atoms with Crippen LogP contribution in [0.4, 0.5) is 0 Å². The van der Waals surface area contributed by atoms with Crippen molar-refractivity contribution in [1.82, 2.24) is 24.1 Å². The Bertz CT molecular complexity index is 1230. The first-order chi connectivity index (χ1) is 15.7. The van der Waals surface area contributed by atoms with E-state index in [1.807, 2.05) is 58.1 Å². The minimum absolute atomic E-state index is 0.000612. The van der Waals surface area contributed by atoms with Crippen molar-refractivity contribution in [3.8, 4) is 5.75 Å². The number of hydrogen-bond acceptors (Lipinski definition) is 5. The van der Waals surface area contributed by atoms with Gasteiger partial charge in [-0.25, -0.2) is 0 Å². The molecule has 3 aromatic heterocycles. The zero-order chi connectivity index (χ0) is 21.9. The van der Waals surface area contributed by atoms with Crippen molar-refractivity contribution in [2.75, 3.05) is 33.4 Å². The van der Waals surface area contributed by atoms with E-state index in [1.54, 1.807) is 7.11 Å². The Labute approximate surface area is 186 Å².